The standard InChI is InChI=1S/C11H20N2O5/c1-18-8-3-2-6-13(7-8)11(17)12-5-4-9(14)10(15)16/h8-9,14H,2-7H2,1H3,(H,12,17)(H,15,16). The maximum atomic E-state index is 11.7. The summed E-state index contributed by atoms with van der Waals surface area (Å²) in [4.78, 5) is 23.8. The van der Waals surface area contributed by atoms with Gasteiger partial charge in [-0.2, -0.15) is 0 Å². The highest BCUT2D eigenvalue weighted by atomic mass is 16.5. The number of carboxylic acids is 1. The number of methoxy groups -OCH3 is 1. The van der Waals surface area contributed by atoms with E-state index in [1.54, 1.807) is 12.0 Å². The van der Waals surface area contributed by atoms with Gasteiger partial charge in [-0.05, 0) is 12.8 Å². The minimum atomic E-state index is -1.43. The zero-order valence-electron chi connectivity index (χ0n) is 10.5. The molecule has 1 heterocycles. The highest BCUT2D eigenvalue weighted by Crippen LogP contribution is 2.12. The van der Waals surface area contributed by atoms with Crippen LogP contribution in [0.3, 0.4) is 0 Å². The Labute approximate surface area is 106 Å². The number of ether oxygens (including phenoxy) is 1. The average Bonchev–Trinajstić information content (AvgIpc) is 2.38. The lowest BCUT2D eigenvalue weighted by Crippen LogP contribution is -2.48. The van der Waals surface area contributed by atoms with Crippen LogP contribution in [-0.4, -0.2) is 66.1 Å². The van der Waals surface area contributed by atoms with Crippen LogP contribution in [0.1, 0.15) is 19.3 Å². The molecule has 2 amide bonds. The summed E-state index contributed by atoms with van der Waals surface area (Å²) in [5, 5.41) is 20.1. The number of aliphatic carboxylic acids is 1. The molecule has 3 N–H and O–H groups in total. The number of urea groups is 1. The summed E-state index contributed by atoms with van der Waals surface area (Å²) in [6.07, 6.45) is 0.470. The van der Waals surface area contributed by atoms with Gasteiger partial charge in [0.25, 0.3) is 0 Å². The molecule has 2 atom stereocenters. The molecule has 0 aromatic carbocycles. The summed E-state index contributed by atoms with van der Waals surface area (Å²) in [6.45, 7) is 1.36. The van der Waals surface area contributed by atoms with E-state index in [0.29, 0.717) is 13.1 Å². The third-order valence-corrected chi connectivity index (χ3v) is 2.98. The molecule has 1 rings (SSSR count). The van der Waals surface area contributed by atoms with Gasteiger partial charge in [-0.25, -0.2) is 9.59 Å². The number of hydrogen-bond donors (Lipinski definition) is 3. The predicted molar refractivity (Wildman–Crippen MR) is 63.3 cm³/mol. The molecule has 0 saturated carbocycles. The predicted octanol–water partition coefficient (Wildman–Crippen LogP) is -0.358. The average molecular weight is 260 g/mol. The number of carbonyl (C=O) groups excluding carboxylic acids is 1. The van der Waals surface area contributed by atoms with Crippen LogP contribution >= 0.6 is 0 Å². The maximum Gasteiger partial charge on any atom is 0.332 e. The molecule has 18 heavy (non-hydrogen) atoms. The molecule has 1 aliphatic heterocycles. The van der Waals surface area contributed by atoms with E-state index in [0.717, 1.165) is 12.8 Å². The fourth-order valence-corrected chi connectivity index (χ4v) is 1.87. The molecule has 0 spiro atoms. The van der Waals surface area contributed by atoms with E-state index >= 15 is 0 Å². The van der Waals surface area contributed by atoms with Gasteiger partial charge in [0.2, 0.25) is 0 Å². The number of piperidine rings is 1. The summed E-state index contributed by atoms with van der Waals surface area (Å²) < 4.78 is 5.21. The smallest absolute Gasteiger partial charge is 0.332 e. The Kier molecular flexibility index (Phi) is 5.87. The van der Waals surface area contributed by atoms with Gasteiger partial charge in [-0.3, -0.25) is 0 Å². The van der Waals surface area contributed by atoms with Crippen LogP contribution < -0.4 is 5.32 Å². The molecule has 104 valence electrons. The van der Waals surface area contributed by atoms with Crippen molar-refractivity contribution >= 4 is 12.0 Å². The summed E-state index contributed by atoms with van der Waals surface area (Å²) >= 11 is 0. The van der Waals surface area contributed by atoms with Crippen molar-refractivity contribution in [2.45, 2.75) is 31.5 Å². The van der Waals surface area contributed by atoms with Gasteiger partial charge in [0.15, 0.2) is 6.10 Å². The number of carbonyl (C=O) groups is 2. The Hall–Kier alpha value is -1.34. The Morgan fingerprint density at radius 1 is 1.56 bits per heavy atom. The highest BCUT2D eigenvalue weighted by molar-refractivity contribution is 5.74. The van der Waals surface area contributed by atoms with Crippen molar-refractivity contribution in [2.75, 3.05) is 26.7 Å². The number of aliphatic hydroxyl groups is 1. The van der Waals surface area contributed by atoms with Crippen LogP contribution in [0.2, 0.25) is 0 Å². The zero-order chi connectivity index (χ0) is 13.5. The topological polar surface area (TPSA) is 99.1 Å². The largest absolute Gasteiger partial charge is 0.479 e. The van der Waals surface area contributed by atoms with E-state index < -0.39 is 12.1 Å². The lowest BCUT2D eigenvalue weighted by Gasteiger charge is -2.31. The molecule has 0 aliphatic carbocycles. The SMILES string of the molecule is COC1CCCN(C(=O)NCCC(O)C(=O)O)C1. The Balaban J connectivity index is 2.26. The van der Waals surface area contributed by atoms with E-state index in [1.165, 1.54) is 0 Å². The normalized spacial score (nSPS) is 21.4. The summed E-state index contributed by atoms with van der Waals surface area (Å²) in [7, 11) is 1.62. The Morgan fingerprint density at radius 3 is 2.89 bits per heavy atom. The summed E-state index contributed by atoms with van der Waals surface area (Å²) in [6, 6.07) is -0.241. The monoisotopic (exact) mass is 260 g/mol. The third-order valence-electron chi connectivity index (χ3n) is 2.98. The first-order valence-electron chi connectivity index (χ1n) is 6.01. The van der Waals surface area contributed by atoms with Crippen molar-refractivity contribution in [3.8, 4) is 0 Å². The molecule has 7 nitrogen and oxygen atoms in total. The van der Waals surface area contributed by atoms with Crippen LogP contribution in [0.5, 0.6) is 0 Å². The first-order valence-corrected chi connectivity index (χ1v) is 6.01. The van der Waals surface area contributed by atoms with Gasteiger partial charge in [-0.1, -0.05) is 0 Å². The van der Waals surface area contributed by atoms with Crippen LogP contribution in [-0.2, 0) is 9.53 Å². The van der Waals surface area contributed by atoms with Crippen molar-refractivity contribution in [1.82, 2.24) is 10.2 Å². The molecular formula is C11H20N2O5. The lowest BCUT2D eigenvalue weighted by molar-refractivity contribution is -0.146. The number of amides is 2. The molecule has 0 aromatic rings. The van der Waals surface area contributed by atoms with Gasteiger partial charge >= 0.3 is 12.0 Å². The molecule has 1 saturated heterocycles. The molecule has 0 bridgehead atoms. The number of rotatable bonds is 5. The fraction of sp³-hybridized carbons (Fsp3) is 0.818. The van der Waals surface area contributed by atoms with Crippen molar-refractivity contribution in [3.63, 3.8) is 0 Å². The molecule has 0 radical (unpaired) electrons. The van der Waals surface area contributed by atoms with Crippen molar-refractivity contribution in [1.29, 1.82) is 0 Å². The van der Waals surface area contributed by atoms with Crippen LogP contribution in [0, 0.1) is 0 Å². The molecular weight excluding hydrogens is 240 g/mol. The zero-order valence-corrected chi connectivity index (χ0v) is 10.5. The number of nitrogens with one attached hydrogen (secondary N) is 1. The molecule has 0 aromatic heterocycles. The van der Waals surface area contributed by atoms with Gasteiger partial charge < -0.3 is 25.2 Å². The number of likely N-dealkylation sites (tertiary alicyclic amines) is 1. The lowest BCUT2D eigenvalue weighted by atomic mass is 10.1. The second kappa shape index (κ2) is 7.17. The number of aliphatic hydroxyl groups excluding tert-OH is 1. The summed E-state index contributed by atoms with van der Waals surface area (Å²) in [5.41, 5.74) is 0. The minimum absolute atomic E-state index is 0.00260. The Morgan fingerprint density at radius 2 is 2.28 bits per heavy atom. The summed E-state index contributed by atoms with van der Waals surface area (Å²) in [5.74, 6) is -1.28. The van der Waals surface area contributed by atoms with Crippen LogP contribution in [0.4, 0.5) is 4.79 Å². The van der Waals surface area contributed by atoms with Crippen LogP contribution in [0.25, 0.3) is 0 Å². The van der Waals surface area contributed by atoms with E-state index in [4.69, 9.17) is 14.9 Å². The van der Waals surface area contributed by atoms with Gasteiger partial charge in [0, 0.05) is 33.2 Å². The van der Waals surface area contributed by atoms with E-state index in [-0.39, 0.29) is 25.1 Å². The molecule has 1 fully saturated rings. The van der Waals surface area contributed by atoms with Crippen LogP contribution in [0.15, 0.2) is 0 Å². The van der Waals surface area contributed by atoms with E-state index in [9.17, 15) is 9.59 Å². The Bertz CT molecular complexity index is 297. The second-order valence-corrected chi connectivity index (χ2v) is 4.32. The number of carboxylic acid groups (broad SMARTS) is 1. The molecule has 1 aliphatic rings. The fourth-order valence-electron chi connectivity index (χ4n) is 1.87. The van der Waals surface area contributed by atoms with Gasteiger partial charge in [-0.15, -0.1) is 0 Å². The number of nitrogens with zero attached hydrogens (tertiary/aromatic N) is 1. The quantitative estimate of drug-likeness (QED) is 0.627. The highest BCUT2D eigenvalue weighted by Gasteiger charge is 2.23. The second-order valence-electron chi connectivity index (χ2n) is 4.32. The minimum Gasteiger partial charge on any atom is -0.479 e. The first kappa shape index (κ1) is 14.7. The maximum absolute atomic E-state index is 11.7. The molecule has 2 unspecified atom stereocenters. The van der Waals surface area contributed by atoms with E-state index in [1.807, 2.05) is 0 Å². The van der Waals surface area contributed by atoms with Gasteiger partial charge in [0.05, 0.1) is 6.10 Å². The van der Waals surface area contributed by atoms with Gasteiger partial charge in [0.1, 0.15) is 0 Å². The number of hydrogen-bond acceptors (Lipinski definition) is 4. The first-order chi connectivity index (χ1) is 8.54. The van der Waals surface area contributed by atoms with Crippen molar-refractivity contribution in [2.24, 2.45) is 0 Å². The van der Waals surface area contributed by atoms with Crippen molar-refractivity contribution < 1.29 is 24.5 Å². The van der Waals surface area contributed by atoms with E-state index in [2.05, 4.69) is 5.32 Å². The molecule has 7 heteroatoms. The van der Waals surface area contributed by atoms with Crippen molar-refractivity contribution in [3.05, 3.63) is 0 Å². The third kappa shape index (κ3) is 4.50.